The van der Waals surface area contributed by atoms with Crippen molar-refractivity contribution in [3.05, 3.63) is 58.3 Å². The van der Waals surface area contributed by atoms with Crippen LogP contribution >= 0.6 is 15.9 Å². The number of hydrogen-bond donors (Lipinski definition) is 2. The smallest absolute Gasteiger partial charge is 0.242 e. The Morgan fingerprint density at radius 3 is 2.43 bits per heavy atom. The minimum atomic E-state index is -3.82. The first-order valence-corrected chi connectivity index (χ1v) is 8.87. The number of carbonyl (C=O) groups is 1. The third-order valence-electron chi connectivity index (χ3n) is 2.93. The first kappa shape index (κ1) is 17.6. The maximum Gasteiger partial charge on any atom is 0.242 e. The molecule has 0 atom stereocenters. The van der Waals surface area contributed by atoms with Gasteiger partial charge in [-0.15, -0.1) is 0 Å². The summed E-state index contributed by atoms with van der Waals surface area (Å²) in [4.78, 5) is 11.8. The molecule has 0 aliphatic heterocycles. The summed E-state index contributed by atoms with van der Waals surface area (Å²) < 4.78 is 39.8. The molecule has 2 rings (SSSR count). The van der Waals surface area contributed by atoms with E-state index in [4.69, 9.17) is 0 Å². The van der Waals surface area contributed by atoms with Crippen molar-refractivity contribution in [2.24, 2.45) is 0 Å². The molecule has 0 spiro atoms. The number of rotatable bonds is 5. The Labute approximate surface area is 142 Å². The van der Waals surface area contributed by atoms with Crippen LogP contribution in [0.4, 0.5) is 10.1 Å². The van der Waals surface area contributed by atoms with Crippen LogP contribution in [0.5, 0.6) is 0 Å². The highest BCUT2D eigenvalue weighted by Crippen LogP contribution is 2.22. The largest absolute Gasteiger partial charge is 0.325 e. The van der Waals surface area contributed by atoms with Gasteiger partial charge in [0, 0.05) is 10.2 Å². The Balaban J connectivity index is 2.01. The van der Waals surface area contributed by atoms with E-state index < -0.39 is 28.3 Å². The molecule has 5 nitrogen and oxygen atoms in total. The number of carbonyl (C=O) groups excluding carboxylic acids is 1. The standard InChI is InChI=1S/C15H14BrFN2O3S/c1-10-2-7-14(13(16)8-10)23(21,22)18-9-15(20)19-12-5-3-11(17)4-6-12/h2-8,18H,9H2,1H3,(H,19,20). The van der Waals surface area contributed by atoms with Crippen LogP contribution in [0.15, 0.2) is 51.8 Å². The zero-order valence-corrected chi connectivity index (χ0v) is 14.5. The maximum absolute atomic E-state index is 12.8. The van der Waals surface area contributed by atoms with E-state index in [1.807, 2.05) is 6.92 Å². The van der Waals surface area contributed by atoms with Gasteiger partial charge in [-0.2, -0.15) is 0 Å². The normalized spacial score (nSPS) is 11.3. The first-order chi connectivity index (χ1) is 10.8. The third-order valence-corrected chi connectivity index (χ3v) is 5.31. The van der Waals surface area contributed by atoms with Crippen molar-refractivity contribution in [2.45, 2.75) is 11.8 Å². The molecule has 0 radical (unpaired) electrons. The third kappa shape index (κ3) is 4.85. The SMILES string of the molecule is Cc1ccc(S(=O)(=O)NCC(=O)Nc2ccc(F)cc2)c(Br)c1. The maximum atomic E-state index is 12.8. The van der Waals surface area contributed by atoms with Gasteiger partial charge in [0.25, 0.3) is 0 Å². The number of hydrogen-bond acceptors (Lipinski definition) is 3. The average Bonchev–Trinajstić information content (AvgIpc) is 2.47. The molecular formula is C15H14BrFN2O3S. The Morgan fingerprint density at radius 2 is 1.83 bits per heavy atom. The molecule has 0 saturated carbocycles. The van der Waals surface area contributed by atoms with Crippen molar-refractivity contribution in [2.75, 3.05) is 11.9 Å². The molecule has 0 unspecified atom stereocenters. The number of halogens is 2. The zero-order valence-electron chi connectivity index (χ0n) is 12.1. The van der Waals surface area contributed by atoms with Crippen LogP contribution in [0.25, 0.3) is 0 Å². The summed E-state index contributed by atoms with van der Waals surface area (Å²) in [6.45, 7) is 1.41. The molecule has 0 fully saturated rings. The quantitative estimate of drug-likeness (QED) is 0.809. The molecule has 0 aromatic heterocycles. The van der Waals surface area contributed by atoms with Gasteiger partial charge < -0.3 is 5.32 Å². The highest BCUT2D eigenvalue weighted by molar-refractivity contribution is 9.10. The molecule has 0 saturated heterocycles. The van der Waals surface area contributed by atoms with Crippen LogP contribution in [0.3, 0.4) is 0 Å². The van der Waals surface area contributed by atoms with Crippen molar-refractivity contribution in [3.63, 3.8) is 0 Å². The van der Waals surface area contributed by atoms with Gasteiger partial charge in [-0.25, -0.2) is 17.5 Å². The van der Waals surface area contributed by atoms with Crippen molar-refractivity contribution in [3.8, 4) is 0 Å². The second kappa shape index (κ2) is 7.20. The van der Waals surface area contributed by atoms with E-state index in [-0.39, 0.29) is 4.90 Å². The molecule has 23 heavy (non-hydrogen) atoms. The lowest BCUT2D eigenvalue weighted by Crippen LogP contribution is -2.33. The first-order valence-electron chi connectivity index (χ1n) is 6.59. The molecule has 8 heteroatoms. The van der Waals surface area contributed by atoms with Crippen LogP contribution in [0.1, 0.15) is 5.56 Å². The van der Waals surface area contributed by atoms with E-state index >= 15 is 0 Å². The van der Waals surface area contributed by atoms with E-state index in [0.717, 1.165) is 5.56 Å². The summed E-state index contributed by atoms with van der Waals surface area (Å²) in [5.41, 5.74) is 1.29. The van der Waals surface area contributed by atoms with Crippen molar-refractivity contribution < 1.29 is 17.6 Å². The molecule has 2 aromatic rings. The second-order valence-corrected chi connectivity index (χ2v) is 7.40. The Kier molecular flexibility index (Phi) is 5.51. The number of sulfonamides is 1. The molecule has 0 heterocycles. The lowest BCUT2D eigenvalue weighted by molar-refractivity contribution is -0.115. The molecule has 0 aliphatic rings. The summed E-state index contributed by atoms with van der Waals surface area (Å²) >= 11 is 3.20. The van der Waals surface area contributed by atoms with Gasteiger partial charge in [0.05, 0.1) is 11.4 Å². The number of amides is 1. The predicted molar refractivity (Wildman–Crippen MR) is 89.1 cm³/mol. The Morgan fingerprint density at radius 1 is 1.17 bits per heavy atom. The van der Waals surface area contributed by atoms with Crippen LogP contribution in [0.2, 0.25) is 0 Å². The second-order valence-electron chi connectivity index (χ2n) is 4.81. The van der Waals surface area contributed by atoms with Crippen LogP contribution in [-0.2, 0) is 14.8 Å². The molecule has 2 N–H and O–H groups in total. The topological polar surface area (TPSA) is 75.3 Å². The van der Waals surface area contributed by atoms with Gasteiger partial charge >= 0.3 is 0 Å². The van der Waals surface area contributed by atoms with E-state index in [2.05, 4.69) is 26.0 Å². The van der Waals surface area contributed by atoms with Crippen LogP contribution in [0, 0.1) is 12.7 Å². The molecule has 2 aromatic carbocycles. The molecule has 0 bridgehead atoms. The number of nitrogens with one attached hydrogen (secondary N) is 2. The van der Waals surface area contributed by atoms with E-state index in [1.54, 1.807) is 12.1 Å². The highest BCUT2D eigenvalue weighted by Gasteiger charge is 2.18. The number of benzene rings is 2. The van der Waals surface area contributed by atoms with E-state index in [9.17, 15) is 17.6 Å². The Bertz CT molecular complexity index is 823. The Hall–Kier alpha value is -1.77. The summed E-state index contributed by atoms with van der Waals surface area (Å²) in [6, 6.07) is 9.97. The highest BCUT2D eigenvalue weighted by atomic mass is 79.9. The fraction of sp³-hybridized carbons (Fsp3) is 0.133. The van der Waals surface area contributed by atoms with Gasteiger partial charge in [-0.05, 0) is 64.8 Å². The fourth-order valence-electron chi connectivity index (χ4n) is 1.80. The van der Waals surface area contributed by atoms with E-state index in [0.29, 0.717) is 10.2 Å². The summed E-state index contributed by atoms with van der Waals surface area (Å²) in [6.07, 6.45) is 0. The minimum absolute atomic E-state index is 0.0534. The van der Waals surface area contributed by atoms with E-state index in [1.165, 1.54) is 30.3 Å². The van der Waals surface area contributed by atoms with Crippen LogP contribution in [-0.4, -0.2) is 20.9 Å². The minimum Gasteiger partial charge on any atom is -0.325 e. The van der Waals surface area contributed by atoms with Crippen molar-refractivity contribution >= 4 is 37.5 Å². The number of anilines is 1. The summed E-state index contributed by atoms with van der Waals surface area (Å²) in [7, 11) is -3.82. The van der Waals surface area contributed by atoms with Gasteiger partial charge in [-0.3, -0.25) is 4.79 Å². The zero-order chi connectivity index (χ0) is 17.0. The average molecular weight is 401 g/mol. The van der Waals surface area contributed by atoms with Gasteiger partial charge in [-0.1, -0.05) is 6.07 Å². The van der Waals surface area contributed by atoms with Gasteiger partial charge in [0.15, 0.2) is 0 Å². The van der Waals surface area contributed by atoms with Gasteiger partial charge in [0.2, 0.25) is 15.9 Å². The monoisotopic (exact) mass is 400 g/mol. The molecule has 1 amide bonds. The predicted octanol–water partition coefficient (Wildman–Crippen LogP) is 2.81. The fourth-order valence-corrected chi connectivity index (χ4v) is 3.97. The lowest BCUT2D eigenvalue weighted by atomic mass is 10.2. The van der Waals surface area contributed by atoms with Gasteiger partial charge in [0.1, 0.15) is 5.82 Å². The molecular weight excluding hydrogens is 387 g/mol. The summed E-state index contributed by atoms with van der Waals surface area (Å²) in [5.74, 6) is -0.976. The molecule has 122 valence electrons. The molecule has 0 aliphatic carbocycles. The van der Waals surface area contributed by atoms with Crippen molar-refractivity contribution in [1.82, 2.24) is 4.72 Å². The van der Waals surface area contributed by atoms with Crippen LogP contribution < -0.4 is 10.0 Å². The number of aryl methyl sites for hydroxylation is 1. The lowest BCUT2D eigenvalue weighted by Gasteiger charge is -2.09. The van der Waals surface area contributed by atoms with Crippen molar-refractivity contribution in [1.29, 1.82) is 0 Å². The summed E-state index contributed by atoms with van der Waals surface area (Å²) in [5, 5.41) is 2.47.